The van der Waals surface area contributed by atoms with E-state index >= 15 is 0 Å². The van der Waals surface area contributed by atoms with Crippen molar-refractivity contribution < 1.29 is 29.0 Å². The van der Waals surface area contributed by atoms with E-state index in [0.717, 1.165) is 37.1 Å². The van der Waals surface area contributed by atoms with Crippen LogP contribution in [0.1, 0.15) is 95.2 Å². The third-order valence-corrected chi connectivity index (χ3v) is 7.94. The van der Waals surface area contributed by atoms with Gasteiger partial charge in [0, 0.05) is 31.3 Å². The third-order valence-electron chi connectivity index (χ3n) is 7.00. The number of thiazole rings is 1. The maximum Gasteiger partial charge on any atom is 0.355 e. The molecule has 0 bridgehead atoms. The highest BCUT2D eigenvalue weighted by Gasteiger charge is 2.37. The first kappa shape index (κ1) is 31.7. The molecule has 2 heterocycles. The van der Waals surface area contributed by atoms with Crippen LogP contribution < -0.4 is 5.32 Å². The molecule has 2 unspecified atom stereocenters. The molecule has 10 nitrogen and oxygen atoms in total. The van der Waals surface area contributed by atoms with Crippen LogP contribution in [-0.2, 0) is 19.1 Å². The number of aromatic carboxylic acids is 1. The van der Waals surface area contributed by atoms with E-state index in [1.54, 1.807) is 4.90 Å². The number of ether oxygens (including phenoxy) is 1. The first-order chi connectivity index (χ1) is 17.9. The number of carbonyl (C=O) groups is 4. The lowest BCUT2D eigenvalue weighted by molar-refractivity contribution is -0.149. The van der Waals surface area contributed by atoms with Gasteiger partial charge in [-0.3, -0.25) is 19.3 Å². The molecule has 1 aliphatic heterocycles. The number of carboxylic acid groups (broad SMARTS) is 1. The van der Waals surface area contributed by atoms with Crippen molar-refractivity contribution in [2.24, 2.45) is 11.8 Å². The van der Waals surface area contributed by atoms with Crippen LogP contribution in [0.3, 0.4) is 0 Å². The number of carbonyl (C=O) groups excluding carboxylic acids is 3. The normalized spacial score (nSPS) is 18.6. The Balaban J connectivity index is 2.34. The second kappa shape index (κ2) is 14.6. The molecule has 0 aromatic carbocycles. The monoisotopic (exact) mass is 552 g/mol. The number of likely N-dealkylation sites (N-methyl/N-ethyl adjacent to an activating group) is 1. The molecule has 1 aromatic rings. The van der Waals surface area contributed by atoms with E-state index in [2.05, 4.69) is 10.3 Å². The predicted octanol–water partition coefficient (Wildman–Crippen LogP) is 3.72. The lowest BCUT2D eigenvalue weighted by Gasteiger charge is -2.39. The fourth-order valence-electron chi connectivity index (χ4n) is 4.94. The number of nitrogens with zero attached hydrogens (tertiary/aromatic N) is 3. The number of likely N-dealkylation sites (tertiary alicyclic amines) is 1. The topological polar surface area (TPSA) is 129 Å². The number of hydrogen-bond donors (Lipinski definition) is 2. The molecule has 1 fully saturated rings. The van der Waals surface area contributed by atoms with Crippen LogP contribution in [0.5, 0.6) is 0 Å². The van der Waals surface area contributed by atoms with Gasteiger partial charge in [0.2, 0.25) is 11.8 Å². The molecule has 1 aromatic heterocycles. The number of hydrogen-bond acceptors (Lipinski definition) is 8. The molecule has 1 saturated heterocycles. The Morgan fingerprint density at radius 3 is 2.39 bits per heavy atom. The van der Waals surface area contributed by atoms with E-state index in [9.17, 15) is 24.3 Å². The van der Waals surface area contributed by atoms with Gasteiger partial charge in [0.05, 0.1) is 6.04 Å². The molecule has 38 heavy (non-hydrogen) atoms. The average molecular weight is 553 g/mol. The minimum atomic E-state index is -1.16. The second-order valence-corrected chi connectivity index (χ2v) is 11.7. The maximum atomic E-state index is 14.1. The number of nitrogens with one attached hydrogen (secondary N) is 1. The molecule has 2 rings (SSSR count). The summed E-state index contributed by atoms with van der Waals surface area (Å²) in [5, 5.41) is 14.1. The van der Waals surface area contributed by atoms with Crippen LogP contribution in [0.2, 0.25) is 0 Å². The lowest BCUT2D eigenvalue weighted by Crippen LogP contribution is -2.58. The van der Waals surface area contributed by atoms with E-state index in [-0.39, 0.29) is 47.8 Å². The first-order valence-electron chi connectivity index (χ1n) is 13.5. The summed E-state index contributed by atoms with van der Waals surface area (Å²) in [5.74, 6) is -2.10. The summed E-state index contributed by atoms with van der Waals surface area (Å²) in [5.41, 5.74) is -0.111. The Morgan fingerprint density at radius 2 is 1.89 bits per heavy atom. The van der Waals surface area contributed by atoms with Crippen molar-refractivity contribution in [1.29, 1.82) is 0 Å². The van der Waals surface area contributed by atoms with Crippen molar-refractivity contribution in [2.75, 3.05) is 20.1 Å². The largest absolute Gasteiger partial charge is 0.476 e. The van der Waals surface area contributed by atoms with Crippen LogP contribution in [0.25, 0.3) is 0 Å². The van der Waals surface area contributed by atoms with Crippen molar-refractivity contribution in [3.63, 3.8) is 0 Å². The Hall–Kier alpha value is -2.53. The van der Waals surface area contributed by atoms with Crippen molar-refractivity contribution in [3.05, 3.63) is 16.1 Å². The van der Waals surface area contributed by atoms with Gasteiger partial charge in [-0.1, -0.05) is 41.0 Å². The van der Waals surface area contributed by atoms with E-state index < -0.39 is 24.1 Å². The standard InChI is InChI=1S/C27H44N4O6S/c1-8-12-31(26(34)23(17(4)5)29-24(33)20-11-9-10-13-30(20)7)21(16(2)3)14-22(37-18(6)32)25-28-19(15-38-25)27(35)36/h15-17,20-23H,8-14H2,1-7H3,(H,29,33)(H,35,36)/t20?,21-,22-,23?/m1/s1. The van der Waals surface area contributed by atoms with Gasteiger partial charge in [-0.25, -0.2) is 9.78 Å². The van der Waals surface area contributed by atoms with Gasteiger partial charge in [-0.05, 0) is 44.7 Å². The van der Waals surface area contributed by atoms with Gasteiger partial charge in [-0.15, -0.1) is 11.3 Å². The molecule has 2 N–H and O–H groups in total. The highest BCUT2D eigenvalue weighted by Crippen LogP contribution is 2.31. The fraction of sp³-hybridized carbons (Fsp3) is 0.741. The number of amides is 2. The third kappa shape index (κ3) is 8.49. The van der Waals surface area contributed by atoms with Crippen LogP contribution in [-0.4, -0.2) is 81.9 Å². The zero-order valence-electron chi connectivity index (χ0n) is 23.7. The predicted molar refractivity (Wildman–Crippen MR) is 146 cm³/mol. The van der Waals surface area contributed by atoms with Gasteiger partial charge in [-0.2, -0.15) is 0 Å². The zero-order valence-corrected chi connectivity index (χ0v) is 24.5. The number of rotatable bonds is 13. The summed E-state index contributed by atoms with van der Waals surface area (Å²) < 4.78 is 5.58. The summed E-state index contributed by atoms with van der Waals surface area (Å²) in [7, 11) is 1.94. The highest BCUT2D eigenvalue weighted by atomic mass is 32.1. The molecular formula is C27H44N4O6S. The Bertz CT molecular complexity index is 965. The maximum absolute atomic E-state index is 14.1. The number of aromatic nitrogens is 1. The first-order valence-corrected chi connectivity index (χ1v) is 14.4. The van der Waals surface area contributed by atoms with Crippen molar-refractivity contribution in [1.82, 2.24) is 20.1 Å². The number of esters is 1. The molecule has 0 spiro atoms. The molecule has 0 saturated carbocycles. The van der Waals surface area contributed by atoms with Crippen LogP contribution in [0.4, 0.5) is 0 Å². The zero-order chi connectivity index (χ0) is 28.6. The van der Waals surface area contributed by atoms with Crippen molar-refractivity contribution in [3.8, 4) is 0 Å². The average Bonchev–Trinajstić information content (AvgIpc) is 3.34. The van der Waals surface area contributed by atoms with Crippen molar-refractivity contribution >= 4 is 35.1 Å². The minimum absolute atomic E-state index is 0.00421. The van der Waals surface area contributed by atoms with Gasteiger partial charge in [0.1, 0.15) is 11.0 Å². The molecule has 1 aliphatic rings. The summed E-state index contributed by atoms with van der Waals surface area (Å²) in [6.07, 6.45) is 2.98. The molecule has 11 heteroatoms. The quantitative estimate of drug-likeness (QED) is 0.354. The molecule has 4 atom stereocenters. The second-order valence-electron chi connectivity index (χ2n) is 10.8. The Labute approximate surface area is 230 Å². The van der Waals surface area contributed by atoms with E-state index in [0.29, 0.717) is 18.0 Å². The molecule has 2 amide bonds. The Kier molecular flexibility index (Phi) is 12.2. The summed E-state index contributed by atoms with van der Waals surface area (Å²) in [6.45, 7) is 12.4. The van der Waals surface area contributed by atoms with Crippen LogP contribution in [0, 0.1) is 11.8 Å². The Morgan fingerprint density at radius 1 is 1.21 bits per heavy atom. The van der Waals surface area contributed by atoms with E-state index in [4.69, 9.17) is 4.74 Å². The van der Waals surface area contributed by atoms with Crippen LogP contribution in [0.15, 0.2) is 5.38 Å². The summed E-state index contributed by atoms with van der Waals surface area (Å²) in [4.78, 5) is 58.6. The smallest absolute Gasteiger partial charge is 0.355 e. The lowest BCUT2D eigenvalue weighted by atomic mass is 9.93. The highest BCUT2D eigenvalue weighted by molar-refractivity contribution is 7.09. The van der Waals surface area contributed by atoms with Crippen molar-refractivity contribution in [2.45, 2.75) is 97.9 Å². The summed E-state index contributed by atoms with van der Waals surface area (Å²) >= 11 is 1.12. The van der Waals surface area contributed by atoms with Gasteiger partial charge >= 0.3 is 11.9 Å². The molecule has 214 valence electrons. The number of piperidine rings is 1. The van der Waals surface area contributed by atoms with E-state index in [1.165, 1.54) is 12.3 Å². The molecular weight excluding hydrogens is 508 g/mol. The van der Waals surface area contributed by atoms with Gasteiger partial charge in [0.25, 0.3) is 0 Å². The van der Waals surface area contributed by atoms with E-state index in [1.807, 2.05) is 46.6 Å². The summed E-state index contributed by atoms with van der Waals surface area (Å²) in [6, 6.07) is -1.28. The van der Waals surface area contributed by atoms with Crippen LogP contribution >= 0.6 is 11.3 Å². The SMILES string of the molecule is CCCN(C(=O)C(NC(=O)C1CCCCN1C)C(C)C)[C@H](C[C@@H](OC(C)=O)c1nc(C(=O)O)cs1)C(C)C. The fourth-order valence-corrected chi connectivity index (χ4v) is 5.77. The minimum Gasteiger partial charge on any atom is -0.476 e. The van der Waals surface area contributed by atoms with Gasteiger partial charge in [0.15, 0.2) is 11.8 Å². The molecule has 0 aliphatic carbocycles. The van der Waals surface area contributed by atoms with Gasteiger partial charge < -0.3 is 20.1 Å². The number of carboxylic acids is 1. The molecule has 0 radical (unpaired) electrons.